The molecule has 2 unspecified atom stereocenters. The van der Waals surface area contributed by atoms with Crippen LogP contribution in [-0.4, -0.2) is 22.3 Å². The van der Waals surface area contributed by atoms with E-state index in [0.717, 1.165) is 6.42 Å². The number of hydrogen-bond donors (Lipinski definition) is 2. The molecule has 0 aromatic rings. The molecule has 0 saturated heterocycles. The first-order chi connectivity index (χ1) is 5.18. The predicted molar refractivity (Wildman–Crippen MR) is 40.1 cm³/mol. The van der Waals surface area contributed by atoms with Gasteiger partial charge in [-0.3, -0.25) is 4.79 Å². The molecule has 0 heterocycles. The Labute approximate surface area is 65.3 Å². The molecule has 0 aliphatic heterocycles. The Bertz CT molecular complexity index is 174. The van der Waals surface area contributed by atoms with Crippen LogP contribution in [0.4, 0.5) is 0 Å². The van der Waals surface area contributed by atoms with Crippen molar-refractivity contribution < 1.29 is 15.0 Å². The standard InChI is InChI=1S/C8H12O3/c9-7-3-1-6(2-4-7)5-8(10)11/h1,3,6-7,9H,2,4-5H2,(H,10,11). The van der Waals surface area contributed by atoms with Gasteiger partial charge in [0.2, 0.25) is 0 Å². The van der Waals surface area contributed by atoms with Gasteiger partial charge in [0, 0.05) is 0 Å². The molecule has 2 atom stereocenters. The van der Waals surface area contributed by atoms with Crippen LogP contribution in [0.3, 0.4) is 0 Å². The van der Waals surface area contributed by atoms with Crippen LogP contribution in [0.2, 0.25) is 0 Å². The minimum atomic E-state index is -0.768. The lowest BCUT2D eigenvalue weighted by Crippen LogP contribution is -2.14. The third-order valence-corrected chi connectivity index (χ3v) is 1.88. The van der Waals surface area contributed by atoms with E-state index in [9.17, 15) is 4.79 Å². The van der Waals surface area contributed by atoms with E-state index in [2.05, 4.69) is 0 Å². The molecular formula is C8H12O3. The van der Waals surface area contributed by atoms with Crippen LogP contribution in [0.1, 0.15) is 19.3 Å². The summed E-state index contributed by atoms with van der Waals surface area (Å²) in [5, 5.41) is 17.5. The van der Waals surface area contributed by atoms with Crippen LogP contribution in [0.25, 0.3) is 0 Å². The fourth-order valence-electron chi connectivity index (χ4n) is 1.26. The molecule has 0 saturated carbocycles. The maximum atomic E-state index is 10.3. The highest BCUT2D eigenvalue weighted by Gasteiger charge is 2.15. The summed E-state index contributed by atoms with van der Waals surface area (Å²) in [7, 11) is 0. The lowest BCUT2D eigenvalue weighted by Gasteiger charge is -2.17. The smallest absolute Gasteiger partial charge is 0.303 e. The van der Waals surface area contributed by atoms with Crippen LogP contribution in [0.15, 0.2) is 12.2 Å². The highest BCUT2D eigenvalue weighted by atomic mass is 16.4. The average molecular weight is 156 g/mol. The predicted octanol–water partition coefficient (Wildman–Crippen LogP) is 0.788. The van der Waals surface area contributed by atoms with Gasteiger partial charge in [0.25, 0.3) is 0 Å². The minimum Gasteiger partial charge on any atom is -0.481 e. The number of rotatable bonds is 2. The third-order valence-electron chi connectivity index (χ3n) is 1.88. The lowest BCUT2D eigenvalue weighted by atomic mass is 9.92. The van der Waals surface area contributed by atoms with E-state index in [4.69, 9.17) is 10.2 Å². The van der Waals surface area contributed by atoms with E-state index >= 15 is 0 Å². The molecule has 1 aliphatic rings. The summed E-state index contributed by atoms with van der Waals surface area (Å²) in [6, 6.07) is 0. The highest BCUT2D eigenvalue weighted by molar-refractivity contribution is 5.67. The maximum absolute atomic E-state index is 10.3. The second-order valence-electron chi connectivity index (χ2n) is 2.89. The van der Waals surface area contributed by atoms with Crippen LogP contribution in [0.5, 0.6) is 0 Å². The number of carboxylic acids is 1. The van der Waals surface area contributed by atoms with Crippen molar-refractivity contribution in [3.8, 4) is 0 Å². The monoisotopic (exact) mass is 156 g/mol. The molecular weight excluding hydrogens is 144 g/mol. The second kappa shape index (κ2) is 3.53. The van der Waals surface area contributed by atoms with Gasteiger partial charge in [-0.1, -0.05) is 12.2 Å². The summed E-state index contributed by atoms with van der Waals surface area (Å²) in [6.45, 7) is 0. The normalized spacial score (nSPS) is 30.3. The first-order valence-electron chi connectivity index (χ1n) is 3.76. The van der Waals surface area contributed by atoms with E-state index < -0.39 is 5.97 Å². The van der Waals surface area contributed by atoms with Gasteiger partial charge in [-0.05, 0) is 18.8 Å². The minimum absolute atomic E-state index is 0.121. The molecule has 0 bridgehead atoms. The molecule has 1 aliphatic carbocycles. The van der Waals surface area contributed by atoms with Crippen molar-refractivity contribution >= 4 is 5.97 Å². The molecule has 2 N–H and O–H groups in total. The second-order valence-corrected chi connectivity index (χ2v) is 2.89. The molecule has 3 nitrogen and oxygen atoms in total. The van der Waals surface area contributed by atoms with Crippen molar-refractivity contribution in [2.75, 3.05) is 0 Å². The molecule has 11 heavy (non-hydrogen) atoms. The van der Waals surface area contributed by atoms with Crippen LogP contribution >= 0.6 is 0 Å². The number of aliphatic hydroxyl groups is 1. The largest absolute Gasteiger partial charge is 0.481 e. The molecule has 0 aromatic heterocycles. The molecule has 0 fully saturated rings. The third kappa shape index (κ3) is 2.72. The molecule has 62 valence electrons. The first-order valence-corrected chi connectivity index (χ1v) is 3.76. The maximum Gasteiger partial charge on any atom is 0.303 e. The fourth-order valence-corrected chi connectivity index (χ4v) is 1.26. The van der Waals surface area contributed by atoms with Crippen molar-refractivity contribution in [3.63, 3.8) is 0 Å². The number of aliphatic hydroxyl groups excluding tert-OH is 1. The topological polar surface area (TPSA) is 57.5 Å². The van der Waals surface area contributed by atoms with Crippen molar-refractivity contribution in [2.45, 2.75) is 25.4 Å². The number of hydrogen-bond acceptors (Lipinski definition) is 2. The van der Waals surface area contributed by atoms with E-state index in [1.54, 1.807) is 12.2 Å². The zero-order valence-corrected chi connectivity index (χ0v) is 6.23. The lowest BCUT2D eigenvalue weighted by molar-refractivity contribution is -0.137. The Hall–Kier alpha value is -0.830. The summed E-state index contributed by atoms with van der Waals surface area (Å²) in [6.07, 6.45) is 4.76. The van der Waals surface area contributed by atoms with Gasteiger partial charge in [-0.15, -0.1) is 0 Å². The summed E-state index contributed by atoms with van der Waals surface area (Å²) in [4.78, 5) is 10.3. The Morgan fingerprint density at radius 3 is 2.64 bits per heavy atom. The Kier molecular flexibility index (Phi) is 2.65. The van der Waals surface area contributed by atoms with Gasteiger partial charge >= 0.3 is 5.97 Å². The average Bonchev–Trinajstić information content (AvgIpc) is 1.93. The van der Waals surface area contributed by atoms with E-state index in [1.807, 2.05) is 0 Å². The Balaban J connectivity index is 2.38. The Morgan fingerprint density at radius 1 is 1.45 bits per heavy atom. The van der Waals surface area contributed by atoms with E-state index in [-0.39, 0.29) is 18.4 Å². The van der Waals surface area contributed by atoms with Crippen molar-refractivity contribution in [2.24, 2.45) is 5.92 Å². The molecule has 0 amide bonds. The van der Waals surface area contributed by atoms with E-state index in [0.29, 0.717) is 6.42 Å². The van der Waals surface area contributed by atoms with Gasteiger partial charge in [-0.2, -0.15) is 0 Å². The van der Waals surface area contributed by atoms with Crippen molar-refractivity contribution in [3.05, 3.63) is 12.2 Å². The summed E-state index contributed by atoms with van der Waals surface area (Å²) in [5.74, 6) is -0.646. The van der Waals surface area contributed by atoms with E-state index in [1.165, 1.54) is 0 Å². The molecule has 0 spiro atoms. The molecule has 3 heteroatoms. The molecule has 0 aromatic carbocycles. The van der Waals surface area contributed by atoms with Crippen molar-refractivity contribution in [1.29, 1.82) is 0 Å². The number of aliphatic carboxylic acids is 1. The Morgan fingerprint density at radius 2 is 2.18 bits per heavy atom. The van der Waals surface area contributed by atoms with Gasteiger partial charge < -0.3 is 10.2 Å². The van der Waals surface area contributed by atoms with Gasteiger partial charge in [0.15, 0.2) is 0 Å². The summed E-state index contributed by atoms with van der Waals surface area (Å²) < 4.78 is 0. The van der Waals surface area contributed by atoms with Gasteiger partial charge in [-0.25, -0.2) is 0 Å². The molecule has 0 radical (unpaired) electrons. The SMILES string of the molecule is O=C(O)CC1C=CC(O)CC1. The molecule has 1 rings (SSSR count). The number of carbonyl (C=O) groups is 1. The number of allylic oxidation sites excluding steroid dienone is 1. The van der Waals surface area contributed by atoms with Crippen LogP contribution in [0, 0.1) is 5.92 Å². The van der Waals surface area contributed by atoms with Gasteiger partial charge in [0.05, 0.1) is 12.5 Å². The fraction of sp³-hybridized carbons (Fsp3) is 0.625. The van der Waals surface area contributed by atoms with Crippen LogP contribution in [-0.2, 0) is 4.79 Å². The van der Waals surface area contributed by atoms with Crippen LogP contribution < -0.4 is 0 Å². The van der Waals surface area contributed by atoms with Gasteiger partial charge in [0.1, 0.15) is 0 Å². The highest BCUT2D eigenvalue weighted by Crippen LogP contribution is 2.20. The summed E-state index contributed by atoms with van der Waals surface area (Å²) >= 11 is 0. The zero-order valence-electron chi connectivity index (χ0n) is 6.23. The zero-order chi connectivity index (χ0) is 8.27. The first kappa shape index (κ1) is 8.27. The summed E-state index contributed by atoms with van der Waals surface area (Å²) in [5.41, 5.74) is 0. The number of carboxylic acid groups (broad SMARTS) is 1. The quantitative estimate of drug-likeness (QED) is 0.581. The van der Waals surface area contributed by atoms with Crippen molar-refractivity contribution in [1.82, 2.24) is 0 Å².